The molecule has 0 aromatic rings. The van der Waals surface area contributed by atoms with Crippen molar-refractivity contribution in [2.24, 2.45) is 17.1 Å². The SMILES string of the molecule is NCC1COCCC12CC2. The largest absolute Gasteiger partial charge is 0.381 e. The molecule has 0 aromatic carbocycles. The minimum absolute atomic E-state index is 0.646. The molecule has 1 aliphatic carbocycles. The summed E-state index contributed by atoms with van der Waals surface area (Å²) in [7, 11) is 0. The zero-order valence-electron chi connectivity index (χ0n) is 6.31. The van der Waals surface area contributed by atoms with Crippen molar-refractivity contribution in [2.75, 3.05) is 19.8 Å². The number of hydrogen-bond donors (Lipinski definition) is 1. The predicted molar refractivity (Wildman–Crippen MR) is 39.6 cm³/mol. The molecular weight excluding hydrogens is 126 g/mol. The van der Waals surface area contributed by atoms with E-state index in [2.05, 4.69) is 0 Å². The Kier molecular flexibility index (Phi) is 1.46. The summed E-state index contributed by atoms with van der Waals surface area (Å²) in [5.74, 6) is 0.668. The van der Waals surface area contributed by atoms with E-state index in [-0.39, 0.29) is 0 Å². The first kappa shape index (κ1) is 6.62. The van der Waals surface area contributed by atoms with E-state index in [0.717, 1.165) is 19.8 Å². The molecule has 0 radical (unpaired) electrons. The van der Waals surface area contributed by atoms with E-state index >= 15 is 0 Å². The summed E-state index contributed by atoms with van der Waals surface area (Å²) >= 11 is 0. The van der Waals surface area contributed by atoms with Crippen LogP contribution < -0.4 is 5.73 Å². The van der Waals surface area contributed by atoms with Crippen LogP contribution >= 0.6 is 0 Å². The molecule has 1 spiro atoms. The number of ether oxygens (including phenoxy) is 1. The van der Waals surface area contributed by atoms with Gasteiger partial charge in [0.25, 0.3) is 0 Å². The fourth-order valence-electron chi connectivity index (χ4n) is 2.02. The molecule has 10 heavy (non-hydrogen) atoms. The highest BCUT2D eigenvalue weighted by atomic mass is 16.5. The number of rotatable bonds is 1. The third-order valence-corrected chi connectivity index (χ3v) is 3.11. The van der Waals surface area contributed by atoms with Gasteiger partial charge in [-0.05, 0) is 31.2 Å². The quantitative estimate of drug-likeness (QED) is 0.585. The summed E-state index contributed by atoms with van der Waals surface area (Å²) in [5, 5.41) is 0. The number of hydrogen-bond acceptors (Lipinski definition) is 2. The van der Waals surface area contributed by atoms with Crippen molar-refractivity contribution < 1.29 is 4.74 Å². The smallest absolute Gasteiger partial charge is 0.0511 e. The van der Waals surface area contributed by atoms with Crippen LogP contribution in [0.4, 0.5) is 0 Å². The van der Waals surface area contributed by atoms with E-state index in [0.29, 0.717) is 11.3 Å². The third-order valence-electron chi connectivity index (χ3n) is 3.11. The zero-order chi connectivity index (χ0) is 7.03. The van der Waals surface area contributed by atoms with Gasteiger partial charge in [0.05, 0.1) is 6.61 Å². The van der Waals surface area contributed by atoms with Gasteiger partial charge >= 0.3 is 0 Å². The molecule has 2 N–H and O–H groups in total. The van der Waals surface area contributed by atoms with E-state index in [1.807, 2.05) is 0 Å². The van der Waals surface area contributed by atoms with Crippen LogP contribution in [0.3, 0.4) is 0 Å². The lowest BCUT2D eigenvalue weighted by atomic mass is 9.85. The summed E-state index contributed by atoms with van der Waals surface area (Å²) in [6, 6.07) is 0. The molecule has 0 amide bonds. The van der Waals surface area contributed by atoms with Crippen LogP contribution in [0.1, 0.15) is 19.3 Å². The van der Waals surface area contributed by atoms with Crippen LogP contribution in [0.25, 0.3) is 0 Å². The second-order valence-corrected chi connectivity index (χ2v) is 3.62. The number of nitrogens with two attached hydrogens (primary N) is 1. The van der Waals surface area contributed by atoms with Crippen molar-refractivity contribution in [3.05, 3.63) is 0 Å². The van der Waals surface area contributed by atoms with Gasteiger partial charge in [0, 0.05) is 12.5 Å². The average molecular weight is 141 g/mol. The van der Waals surface area contributed by atoms with Crippen molar-refractivity contribution in [3.63, 3.8) is 0 Å². The minimum Gasteiger partial charge on any atom is -0.381 e. The topological polar surface area (TPSA) is 35.2 Å². The highest BCUT2D eigenvalue weighted by Gasteiger charge is 2.49. The fraction of sp³-hybridized carbons (Fsp3) is 1.00. The van der Waals surface area contributed by atoms with Crippen LogP contribution in [-0.2, 0) is 4.74 Å². The Balaban J connectivity index is 2.01. The zero-order valence-corrected chi connectivity index (χ0v) is 6.31. The van der Waals surface area contributed by atoms with Gasteiger partial charge in [-0.25, -0.2) is 0 Å². The lowest BCUT2D eigenvalue weighted by molar-refractivity contribution is 0.00968. The molecule has 1 saturated heterocycles. The molecule has 2 aliphatic rings. The first-order chi connectivity index (χ1) is 4.87. The van der Waals surface area contributed by atoms with E-state index < -0.39 is 0 Å². The lowest BCUT2D eigenvalue weighted by Gasteiger charge is -2.30. The molecule has 2 fully saturated rings. The second-order valence-electron chi connectivity index (χ2n) is 3.62. The molecule has 2 rings (SSSR count). The first-order valence-electron chi connectivity index (χ1n) is 4.15. The predicted octanol–water partition coefficient (Wildman–Crippen LogP) is 0.762. The highest BCUT2D eigenvalue weighted by molar-refractivity contribution is 5.00. The van der Waals surface area contributed by atoms with Gasteiger partial charge in [-0.15, -0.1) is 0 Å². The molecule has 0 bridgehead atoms. The van der Waals surface area contributed by atoms with E-state index in [1.54, 1.807) is 0 Å². The highest BCUT2D eigenvalue weighted by Crippen LogP contribution is 2.56. The van der Waals surface area contributed by atoms with Gasteiger partial charge < -0.3 is 10.5 Å². The summed E-state index contributed by atoms with van der Waals surface area (Å²) in [6.07, 6.45) is 4.06. The normalized spacial score (nSPS) is 36.3. The summed E-state index contributed by atoms with van der Waals surface area (Å²) in [6.45, 7) is 2.70. The maximum atomic E-state index is 5.64. The second kappa shape index (κ2) is 2.21. The van der Waals surface area contributed by atoms with E-state index in [4.69, 9.17) is 10.5 Å². The Labute approximate surface area is 61.7 Å². The third kappa shape index (κ3) is 0.867. The molecule has 2 nitrogen and oxygen atoms in total. The minimum atomic E-state index is 0.646. The van der Waals surface area contributed by atoms with Crippen molar-refractivity contribution >= 4 is 0 Å². The van der Waals surface area contributed by atoms with Crippen LogP contribution in [0.5, 0.6) is 0 Å². The maximum absolute atomic E-state index is 5.64. The van der Waals surface area contributed by atoms with Crippen molar-refractivity contribution in [1.82, 2.24) is 0 Å². The molecule has 1 aliphatic heterocycles. The Morgan fingerprint density at radius 3 is 2.70 bits per heavy atom. The molecule has 0 aromatic heterocycles. The lowest BCUT2D eigenvalue weighted by Crippen LogP contribution is -2.34. The van der Waals surface area contributed by atoms with Crippen LogP contribution in [0.2, 0.25) is 0 Å². The molecule has 58 valence electrons. The summed E-state index contributed by atoms with van der Waals surface area (Å²) < 4.78 is 5.37. The monoisotopic (exact) mass is 141 g/mol. The summed E-state index contributed by atoms with van der Waals surface area (Å²) in [5.41, 5.74) is 6.28. The summed E-state index contributed by atoms with van der Waals surface area (Å²) in [4.78, 5) is 0. The molecule has 1 atom stereocenters. The standard InChI is InChI=1S/C8H15NO/c9-5-7-6-10-4-3-8(7)1-2-8/h7H,1-6,9H2. The molecule has 1 unspecified atom stereocenters. The maximum Gasteiger partial charge on any atom is 0.0511 e. The Morgan fingerprint density at radius 1 is 1.40 bits per heavy atom. The van der Waals surface area contributed by atoms with Gasteiger partial charge in [-0.2, -0.15) is 0 Å². The van der Waals surface area contributed by atoms with Gasteiger partial charge in [0.1, 0.15) is 0 Å². The van der Waals surface area contributed by atoms with Gasteiger partial charge in [-0.1, -0.05) is 0 Å². The van der Waals surface area contributed by atoms with Crippen molar-refractivity contribution in [2.45, 2.75) is 19.3 Å². The fourth-order valence-corrected chi connectivity index (χ4v) is 2.02. The Bertz CT molecular complexity index is 131. The average Bonchev–Trinajstić information content (AvgIpc) is 2.71. The van der Waals surface area contributed by atoms with E-state index in [1.165, 1.54) is 19.3 Å². The first-order valence-corrected chi connectivity index (χ1v) is 4.15. The van der Waals surface area contributed by atoms with Crippen LogP contribution in [-0.4, -0.2) is 19.8 Å². The molecular formula is C8H15NO. The van der Waals surface area contributed by atoms with Crippen molar-refractivity contribution in [3.8, 4) is 0 Å². The Morgan fingerprint density at radius 2 is 2.20 bits per heavy atom. The molecule has 1 heterocycles. The molecule has 2 heteroatoms. The van der Waals surface area contributed by atoms with Crippen molar-refractivity contribution in [1.29, 1.82) is 0 Å². The van der Waals surface area contributed by atoms with Crippen LogP contribution in [0.15, 0.2) is 0 Å². The Hall–Kier alpha value is -0.0800. The van der Waals surface area contributed by atoms with E-state index in [9.17, 15) is 0 Å². The van der Waals surface area contributed by atoms with Gasteiger partial charge in [0.15, 0.2) is 0 Å². The van der Waals surface area contributed by atoms with Gasteiger partial charge in [-0.3, -0.25) is 0 Å². The van der Waals surface area contributed by atoms with Crippen LogP contribution in [0, 0.1) is 11.3 Å². The van der Waals surface area contributed by atoms with Gasteiger partial charge in [0.2, 0.25) is 0 Å². The molecule has 1 saturated carbocycles.